The SMILES string of the molecule is Cc1cccc(NC(=O)CCN(CCO)Cc2ccccc2)c1. The van der Waals surface area contributed by atoms with Crippen molar-refractivity contribution in [2.75, 3.05) is 25.0 Å². The normalized spacial score (nSPS) is 10.7. The number of amides is 1. The van der Waals surface area contributed by atoms with Gasteiger partial charge in [-0.1, -0.05) is 42.5 Å². The quantitative estimate of drug-likeness (QED) is 0.788. The van der Waals surface area contributed by atoms with Crippen molar-refractivity contribution in [1.82, 2.24) is 4.90 Å². The molecule has 0 unspecified atom stereocenters. The molecule has 4 nitrogen and oxygen atoms in total. The lowest BCUT2D eigenvalue weighted by Gasteiger charge is -2.21. The van der Waals surface area contributed by atoms with Crippen molar-refractivity contribution < 1.29 is 9.90 Å². The van der Waals surface area contributed by atoms with Crippen LogP contribution in [0.3, 0.4) is 0 Å². The fraction of sp³-hybridized carbons (Fsp3) is 0.316. The van der Waals surface area contributed by atoms with Gasteiger partial charge in [-0.05, 0) is 30.2 Å². The van der Waals surface area contributed by atoms with Crippen molar-refractivity contribution in [2.24, 2.45) is 0 Å². The number of aryl methyl sites for hydroxylation is 1. The number of nitrogens with zero attached hydrogens (tertiary/aromatic N) is 1. The van der Waals surface area contributed by atoms with Crippen LogP contribution in [0.15, 0.2) is 54.6 Å². The molecule has 2 aromatic rings. The number of benzene rings is 2. The zero-order valence-electron chi connectivity index (χ0n) is 13.5. The molecule has 0 aliphatic carbocycles. The zero-order valence-corrected chi connectivity index (χ0v) is 13.5. The molecule has 0 aliphatic rings. The van der Waals surface area contributed by atoms with Gasteiger partial charge < -0.3 is 10.4 Å². The van der Waals surface area contributed by atoms with Crippen LogP contribution in [0.5, 0.6) is 0 Å². The van der Waals surface area contributed by atoms with Gasteiger partial charge in [0.2, 0.25) is 5.91 Å². The van der Waals surface area contributed by atoms with E-state index in [4.69, 9.17) is 0 Å². The summed E-state index contributed by atoms with van der Waals surface area (Å²) in [5.74, 6) is -0.00778. The summed E-state index contributed by atoms with van der Waals surface area (Å²) in [6.45, 7) is 4.00. The largest absolute Gasteiger partial charge is 0.395 e. The van der Waals surface area contributed by atoms with E-state index in [9.17, 15) is 9.90 Å². The van der Waals surface area contributed by atoms with Crippen LogP contribution in [-0.4, -0.2) is 35.6 Å². The van der Waals surface area contributed by atoms with E-state index >= 15 is 0 Å². The average molecular weight is 312 g/mol. The third-order valence-electron chi connectivity index (χ3n) is 3.62. The van der Waals surface area contributed by atoms with Gasteiger partial charge in [-0.2, -0.15) is 0 Å². The lowest BCUT2D eigenvalue weighted by Crippen LogP contribution is -2.30. The van der Waals surface area contributed by atoms with Crippen molar-refractivity contribution in [1.29, 1.82) is 0 Å². The molecule has 23 heavy (non-hydrogen) atoms. The first-order valence-corrected chi connectivity index (χ1v) is 7.91. The standard InChI is InChI=1S/C19H24N2O2/c1-16-6-5-9-18(14-16)20-19(23)10-11-21(12-13-22)15-17-7-3-2-4-8-17/h2-9,14,22H,10-13,15H2,1H3,(H,20,23). The number of hydrogen-bond donors (Lipinski definition) is 2. The van der Waals surface area contributed by atoms with Crippen LogP contribution >= 0.6 is 0 Å². The molecule has 0 saturated carbocycles. The highest BCUT2D eigenvalue weighted by Crippen LogP contribution is 2.10. The highest BCUT2D eigenvalue weighted by Gasteiger charge is 2.09. The molecule has 0 heterocycles. The van der Waals surface area contributed by atoms with Crippen LogP contribution in [0.2, 0.25) is 0 Å². The topological polar surface area (TPSA) is 52.6 Å². The van der Waals surface area contributed by atoms with Gasteiger partial charge in [0.05, 0.1) is 6.61 Å². The van der Waals surface area contributed by atoms with E-state index in [0.717, 1.165) is 17.8 Å². The predicted molar refractivity (Wildman–Crippen MR) is 93.2 cm³/mol. The first-order chi connectivity index (χ1) is 11.2. The average Bonchev–Trinajstić information content (AvgIpc) is 2.54. The molecule has 0 fully saturated rings. The maximum atomic E-state index is 12.1. The maximum absolute atomic E-state index is 12.1. The predicted octanol–water partition coefficient (Wildman–Crippen LogP) is 2.82. The number of aliphatic hydroxyl groups is 1. The van der Waals surface area contributed by atoms with Crippen molar-refractivity contribution in [3.63, 3.8) is 0 Å². The molecule has 0 spiro atoms. The summed E-state index contributed by atoms with van der Waals surface area (Å²) in [5.41, 5.74) is 3.13. The lowest BCUT2D eigenvalue weighted by atomic mass is 10.2. The van der Waals surface area contributed by atoms with Crippen LogP contribution in [0.25, 0.3) is 0 Å². The van der Waals surface area contributed by atoms with E-state index < -0.39 is 0 Å². The maximum Gasteiger partial charge on any atom is 0.225 e. The fourth-order valence-corrected chi connectivity index (χ4v) is 2.46. The van der Waals surface area contributed by atoms with Gasteiger partial charge in [0.15, 0.2) is 0 Å². The summed E-state index contributed by atoms with van der Waals surface area (Å²) in [6, 6.07) is 17.8. The van der Waals surface area contributed by atoms with Crippen LogP contribution < -0.4 is 5.32 Å². The van der Waals surface area contributed by atoms with E-state index in [1.807, 2.05) is 49.4 Å². The minimum Gasteiger partial charge on any atom is -0.395 e. The Labute approximate surface area is 137 Å². The van der Waals surface area contributed by atoms with Gasteiger partial charge in [-0.25, -0.2) is 0 Å². The van der Waals surface area contributed by atoms with Gasteiger partial charge in [0.25, 0.3) is 0 Å². The Hall–Kier alpha value is -2.17. The number of carbonyl (C=O) groups is 1. The second-order valence-corrected chi connectivity index (χ2v) is 5.65. The Morgan fingerprint density at radius 1 is 1.09 bits per heavy atom. The number of rotatable bonds is 8. The van der Waals surface area contributed by atoms with E-state index in [1.54, 1.807) is 0 Å². The third kappa shape index (κ3) is 6.22. The van der Waals surface area contributed by atoms with Crippen molar-refractivity contribution in [3.8, 4) is 0 Å². The summed E-state index contributed by atoms with van der Waals surface area (Å²) in [4.78, 5) is 14.2. The number of aliphatic hydroxyl groups excluding tert-OH is 1. The smallest absolute Gasteiger partial charge is 0.225 e. The minimum absolute atomic E-state index is 0.00778. The summed E-state index contributed by atoms with van der Waals surface area (Å²) >= 11 is 0. The zero-order chi connectivity index (χ0) is 16.5. The highest BCUT2D eigenvalue weighted by atomic mass is 16.3. The Kier molecular flexibility index (Phi) is 6.78. The van der Waals surface area contributed by atoms with E-state index in [1.165, 1.54) is 5.56 Å². The molecule has 2 rings (SSSR count). The molecular formula is C19H24N2O2. The highest BCUT2D eigenvalue weighted by molar-refractivity contribution is 5.90. The van der Waals surface area contributed by atoms with Gasteiger partial charge in [-0.3, -0.25) is 9.69 Å². The van der Waals surface area contributed by atoms with Gasteiger partial charge in [0.1, 0.15) is 0 Å². The van der Waals surface area contributed by atoms with E-state index in [2.05, 4.69) is 22.3 Å². The fourth-order valence-electron chi connectivity index (χ4n) is 2.46. The third-order valence-corrected chi connectivity index (χ3v) is 3.62. The van der Waals surface area contributed by atoms with Crippen molar-refractivity contribution in [2.45, 2.75) is 19.9 Å². The summed E-state index contributed by atoms with van der Waals surface area (Å²) in [6.07, 6.45) is 0.404. The molecule has 0 aliphatic heterocycles. The number of hydrogen-bond acceptors (Lipinski definition) is 3. The molecule has 1 amide bonds. The summed E-state index contributed by atoms with van der Waals surface area (Å²) in [7, 11) is 0. The molecule has 122 valence electrons. The molecule has 0 radical (unpaired) electrons. The number of carbonyl (C=O) groups excluding carboxylic acids is 1. The first kappa shape index (κ1) is 17.2. The molecule has 4 heteroatoms. The molecule has 0 aromatic heterocycles. The Morgan fingerprint density at radius 3 is 2.57 bits per heavy atom. The van der Waals surface area contributed by atoms with Crippen molar-refractivity contribution in [3.05, 3.63) is 65.7 Å². The molecule has 0 saturated heterocycles. The Bertz CT molecular complexity index is 614. The number of anilines is 1. The van der Waals surface area contributed by atoms with Crippen LogP contribution in [-0.2, 0) is 11.3 Å². The summed E-state index contributed by atoms with van der Waals surface area (Å²) in [5, 5.41) is 12.1. The van der Waals surface area contributed by atoms with Crippen LogP contribution in [0, 0.1) is 6.92 Å². The van der Waals surface area contributed by atoms with Crippen LogP contribution in [0.1, 0.15) is 17.5 Å². The molecule has 2 aromatic carbocycles. The van der Waals surface area contributed by atoms with Crippen LogP contribution in [0.4, 0.5) is 5.69 Å². The Balaban J connectivity index is 1.84. The van der Waals surface area contributed by atoms with Gasteiger partial charge >= 0.3 is 0 Å². The van der Waals surface area contributed by atoms with Gasteiger partial charge in [0, 0.05) is 31.7 Å². The second-order valence-electron chi connectivity index (χ2n) is 5.65. The van der Waals surface area contributed by atoms with Gasteiger partial charge in [-0.15, -0.1) is 0 Å². The van der Waals surface area contributed by atoms with E-state index in [0.29, 0.717) is 19.5 Å². The van der Waals surface area contributed by atoms with Crippen molar-refractivity contribution >= 4 is 11.6 Å². The molecule has 0 bridgehead atoms. The molecule has 0 atom stereocenters. The first-order valence-electron chi connectivity index (χ1n) is 7.91. The summed E-state index contributed by atoms with van der Waals surface area (Å²) < 4.78 is 0. The lowest BCUT2D eigenvalue weighted by molar-refractivity contribution is -0.116. The minimum atomic E-state index is -0.00778. The molecular weight excluding hydrogens is 288 g/mol. The number of nitrogens with one attached hydrogen (secondary N) is 1. The Morgan fingerprint density at radius 2 is 1.87 bits per heavy atom. The van der Waals surface area contributed by atoms with E-state index in [-0.39, 0.29) is 12.5 Å². The molecule has 2 N–H and O–H groups in total. The monoisotopic (exact) mass is 312 g/mol. The second kappa shape index (κ2) is 9.08.